The summed E-state index contributed by atoms with van der Waals surface area (Å²) in [7, 11) is 0. The van der Waals surface area contributed by atoms with Crippen molar-refractivity contribution in [2.24, 2.45) is 0 Å². The standard InChI is InChI=1S/C6H11ClO/c1-6(2-4-7)3-5-8/h2,8H,3-5H2,1H3/b6-2+. The average Bonchev–Trinajstić information content (AvgIpc) is 1.68. The quantitative estimate of drug-likeness (QED) is 0.459. The molecule has 8 heavy (non-hydrogen) atoms. The third-order valence-corrected chi connectivity index (χ3v) is 1.09. The van der Waals surface area contributed by atoms with E-state index in [-0.39, 0.29) is 6.61 Å². The van der Waals surface area contributed by atoms with Crippen LogP contribution in [0.1, 0.15) is 13.3 Å². The van der Waals surface area contributed by atoms with Crippen LogP contribution in [-0.4, -0.2) is 17.6 Å². The smallest absolute Gasteiger partial charge is 0.0468 e. The monoisotopic (exact) mass is 134 g/mol. The summed E-state index contributed by atoms with van der Waals surface area (Å²) in [6.45, 7) is 2.18. The Balaban J connectivity index is 3.29. The van der Waals surface area contributed by atoms with Crippen molar-refractivity contribution in [2.75, 3.05) is 12.5 Å². The summed E-state index contributed by atoms with van der Waals surface area (Å²) < 4.78 is 0. The van der Waals surface area contributed by atoms with Gasteiger partial charge in [0.25, 0.3) is 0 Å². The van der Waals surface area contributed by atoms with E-state index in [4.69, 9.17) is 16.7 Å². The van der Waals surface area contributed by atoms with E-state index in [2.05, 4.69) is 0 Å². The predicted molar refractivity (Wildman–Crippen MR) is 36.2 cm³/mol. The third kappa shape index (κ3) is 4.16. The van der Waals surface area contributed by atoms with Gasteiger partial charge in [0.05, 0.1) is 0 Å². The predicted octanol–water partition coefficient (Wildman–Crippen LogP) is 1.55. The molecule has 0 aromatic carbocycles. The zero-order chi connectivity index (χ0) is 6.41. The van der Waals surface area contributed by atoms with Gasteiger partial charge in [-0.25, -0.2) is 0 Å². The Morgan fingerprint density at radius 1 is 1.75 bits per heavy atom. The van der Waals surface area contributed by atoms with Crippen LogP contribution in [0.3, 0.4) is 0 Å². The molecule has 0 aromatic rings. The minimum Gasteiger partial charge on any atom is -0.396 e. The van der Waals surface area contributed by atoms with E-state index in [0.717, 1.165) is 12.0 Å². The van der Waals surface area contributed by atoms with Crippen LogP contribution in [0.4, 0.5) is 0 Å². The van der Waals surface area contributed by atoms with Gasteiger partial charge in [-0.15, -0.1) is 11.6 Å². The molecule has 2 heteroatoms. The maximum absolute atomic E-state index is 8.38. The van der Waals surface area contributed by atoms with Crippen molar-refractivity contribution in [1.29, 1.82) is 0 Å². The highest BCUT2D eigenvalue weighted by atomic mass is 35.5. The number of allylic oxidation sites excluding steroid dienone is 1. The van der Waals surface area contributed by atoms with E-state index in [0.29, 0.717) is 5.88 Å². The molecule has 48 valence electrons. The molecule has 0 aliphatic rings. The van der Waals surface area contributed by atoms with Gasteiger partial charge in [-0.3, -0.25) is 0 Å². The maximum atomic E-state index is 8.38. The molecule has 0 heterocycles. The van der Waals surface area contributed by atoms with Crippen LogP contribution in [0.2, 0.25) is 0 Å². The summed E-state index contributed by atoms with van der Waals surface area (Å²) >= 11 is 5.37. The van der Waals surface area contributed by atoms with Crippen LogP contribution in [0.25, 0.3) is 0 Å². The largest absolute Gasteiger partial charge is 0.396 e. The minimum absolute atomic E-state index is 0.221. The molecule has 0 bridgehead atoms. The van der Waals surface area contributed by atoms with Crippen molar-refractivity contribution in [3.63, 3.8) is 0 Å². The van der Waals surface area contributed by atoms with Gasteiger partial charge in [0.1, 0.15) is 0 Å². The van der Waals surface area contributed by atoms with Crippen molar-refractivity contribution in [3.05, 3.63) is 11.6 Å². The fourth-order valence-corrected chi connectivity index (χ4v) is 0.674. The molecule has 0 aliphatic carbocycles. The van der Waals surface area contributed by atoms with E-state index in [1.807, 2.05) is 13.0 Å². The van der Waals surface area contributed by atoms with Gasteiger partial charge in [-0.05, 0) is 13.3 Å². The van der Waals surface area contributed by atoms with E-state index >= 15 is 0 Å². The molecule has 0 saturated heterocycles. The van der Waals surface area contributed by atoms with E-state index in [1.165, 1.54) is 0 Å². The SMILES string of the molecule is C/C(=C\CCl)CCO. The lowest BCUT2D eigenvalue weighted by molar-refractivity contribution is 0.299. The van der Waals surface area contributed by atoms with Gasteiger partial charge >= 0.3 is 0 Å². The summed E-state index contributed by atoms with van der Waals surface area (Å²) in [6, 6.07) is 0. The van der Waals surface area contributed by atoms with Crippen molar-refractivity contribution >= 4 is 11.6 Å². The Labute approximate surface area is 55.0 Å². The molecule has 0 unspecified atom stereocenters. The molecule has 0 saturated carbocycles. The average molecular weight is 135 g/mol. The number of rotatable bonds is 3. The van der Waals surface area contributed by atoms with E-state index in [9.17, 15) is 0 Å². The van der Waals surface area contributed by atoms with Gasteiger partial charge in [0.2, 0.25) is 0 Å². The molecular formula is C6H11ClO. The lowest BCUT2D eigenvalue weighted by Crippen LogP contribution is -1.83. The Bertz CT molecular complexity index is 78.6. The van der Waals surface area contributed by atoms with Gasteiger partial charge in [-0.1, -0.05) is 11.6 Å². The minimum atomic E-state index is 0.221. The summed E-state index contributed by atoms with van der Waals surface area (Å²) in [5.41, 5.74) is 1.16. The topological polar surface area (TPSA) is 20.2 Å². The van der Waals surface area contributed by atoms with Crippen molar-refractivity contribution < 1.29 is 5.11 Å². The summed E-state index contributed by atoms with van der Waals surface area (Å²) in [6.07, 6.45) is 2.64. The van der Waals surface area contributed by atoms with Crippen molar-refractivity contribution in [3.8, 4) is 0 Å². The number of hydrogen-bond acceptors (Lipinski definition) is 1. The van der Waals surface area contributed by atoms with E-state index < -0.39 is 0 Å². The van der Waals surface area contributed by atoms with Crippen LogP contribution in [-0.2, 0) is 0 Å². The maximum Gasteiger partial charge on any atom is 0.0468 e. The molecule has 1 N–H and O–H groups in total. The Morgan fingerprint density at radius 2 is 2.38 bits per heavy atom. The normalized spacial score (nSPS) is 12.1. The second-order valence-corrected chi connectivity index (χ2v) is 1.99. The lowest BCUT2D eigenvalue weighted by atomic mass is 10.2. The molecule has 0 amide bonds. The highest BCUT2D eigenvalue weighted by molar-refractivity contribution is 6.18. The molecule has 0 fully saturated rings. The van der Waals surface area contributed by atoms with Crippen molar-refractivity contribution in [2.45, 2.75) is 13.3 Å². The number of halogens is 1. The van der Waals surface area contributed by atoms with Gasteiger partial charge in [-0.2, -0.15) is 0 Å². The number of hydrogen-bond donors (Lipinski definition) is 1. The zero-order valence-electron chi connectivity index (χ0n) is 5.02. The third-order valence-electron chi connectivity index (χ3n) is 0.932. The fourth-order valence-electron chi connectivity index (χ4n) is 0.410. The molecule has 0 radical (unpaired) electrons. The summed E-state index contributed by atoms with van der Waals surface area (Å²) in [5, 5.41) is 8.38. The first-order valence-electron chi connectivity index (χ1n) is 2.63. The number of aliphatic hydroxyl groups excluding tert-OH is 1. The van der Waals surface area contributed by atoms with Crippen LogP contribution < -0.4 is 0 Å². The van der Waals surface area contributed by atoms with Crippen LogP contribution in [0.15, 0.2) is 11.6 Å². The first kappa shape index (κ1) is 7.99. The van der Waals surface area contributed by atoms with Crippen molar-refractivity contribution in [1.82, 2.24) is 0 Å². The molecule has 0 aromatic heterocycles. The molecule has 0 atom stereocenters. The van der Waals surface area contributed by atoms with Gasteiger partial charge in [0.15, 0.2) is 0 Å². The van der Waals surface area contributed by atoms with Crippen LogP contribution in [0, 0.1) is 0 Å². The number of alkyl halides is 1. The highest BCUT2D eigenvalue weighted by Crippen LogP contribution is 1.97. The van der Waals surface area contributed by atoms with Crippen LogP contribution >= 0.6 is 11.6 Å². The number of aliphatic hydroxyl groups is 1. The van der Waals surface area contributed by atoms with E-state index in [1.54, 1.807) is 0 Å². The Kier molecular flexibility index (Phi) is 5.13. The molecule has 0 rings (SSSR count). The molecular weight excluding hydrogens is 124 g/mol. The zero-order valence-corrected chi connectivity index (χ0v) is 5.78. The molecule has 0 spiro atoms. The van der Waals surface area contributed by atoms with Gasteiger partial charge < -0.3 is 5.11 Å². The van der Waals surface area contributed by atoms with Gasteiger partial charge in [0, 0.05) is 12.5 Å². The molecule has 1 nitrogen and oxygen atoms in total. The lowest BCUT2D eigenvalue weighted by Gasteiger charge is -1.92. The first-order chi connectivity index (χ1) is 3.81. The van der Waals surface area contributed by atoms with Crippen LogP contribution in [0.5, 0.6) is 0 Å². The highest BCUT2D eigenvalue weighted by Gasteiger charge is 1.83. The fraction of sp³-hybridized carbons (Fsp3) is 0.667. The Morgan fingerprint density at radius 3 is 2.75 bits per heavy atom. The second-order valence-electron chi connectivity index (χ2n) is 1.68. The summed E-state index contributed by atoms with van der Waals surface area (Å²) in [4.78, 5) is 0. The first-order valence-corrected chi connectivity index (χ1v) is 3.17. The summed E-state index contributed by atoms with van der Waals surface area (Å²) in [5.74, 6) is 0.547. The second kappa shape index (κ2) is 5.13. The molecule has 0 aliphatic heterocycles. The Hall–Kier alpha value is -0.0100.